The van der Waals surface area contributed by atoms with Gasteiger partial charge in [0.1, 0.15) is 12.3 Å². The number of para-hydroxylation sites is 1. The molecule has 0 fully saturated rings. The Morgan fingerprint density at radius 2 is 1.78 bits per heavy atom. The molecule has 8 nitrogen and oxygen atoms in total. The summed E-state index contributed by atoms with van der Waals surface area (Å²) in [5.74, 6) is -0.954. The Balaban J connectivity index is 1.79. The molecule has 0 bridgehead atoms. The van der Waals surface area contributed by atoms with Crippen LogP contribution in [0, 0.1) is 11.3 Å². The number of nitriles is 1. The Morgan fingerprint density at radius 1 is 1.06 bits per heavy atom. The number of amides is 2. The summed E-state index contributed by atoms with van der Waals surface area (Å²) in [5.41, 5.74) is 0.989. The van der Waals surface area contributed by atoms with Gasteiger partial charge in [-0.1, -0.05) is 31.5 Å². The lowest BCUT2D eigenvalue weighted by atomic mass is 10.2. The molecule has 2 aromatic carbocycles. The van der Waals surface area contributed by atoms with Crippen molar-refractivity contribution in [2.45, 2.75) is 26.2 Å². The fourth-order valence-electron chi connectivity index (χ4n) is 2.73. The van der Waals surface area contributed by atoms with Crippen molar-refractivity contribution in [2.24, 2.45) is 0 Å². The predicted octanol–water partition coefficient (Wildman–Crippen LogP) is 3.09. The molecule has 0 atom stereocenters. The first-order chi connectivity index (χ1) is 15.5. The summed E-state index contributed by atoms with van der Waals surface area (Å²) >= 11 is 0. The average Bonchev–Trinajstić information content (AvgIpc) is 2.82. The van der Waals surface area contributed by atoms with Crippen LogP contribution in [0.25, 0.3) is 0 Å². The maximum absolute atomic E-state index is 12.5. The van der Waals surface area contributed by atoms with Crippen LogP contribution in [0.1, 0.15) is 36.5 Å². The number of nitrogens with zero attached hydrogens (tertiary/aromatic N) is 2. The van der Waals surface area contributed by atoms with Gasteiger partial charge in [0.05, 0.1) is 19.1 Å². The summed E-state index contributed by atoms with van der Waals surface area (Å²) in [5, 5.41) is 11.3. The van der Waals surface area contributed by atoms with Gasteiger partial charge in [-0.05, 0) is 42.8 Å². The van der Waals surface area contributed by atoms with Crippen LogP contribution in [0.4, 0.5) is 5.69 Å². The van der Waals surface area contributed by atoms with E-state index >= 15 is 0 Å². The van der Waals surface area contributed by atoms with Gasteiger partial charge >= 0.3 is 5.97 Å². The first-order valence-electron chi connectivity index (χ1n) is 10.4. The summed E-state index contributed by atoms with van der Waals surface area (Å²) in [6.45, 7) is 2.02. The lowest BCUT2D eigenvalue weighted by Gasteiger charge is -2.21. The summed E-state index contributed by atoms with van der Waals surface area (Å²) in [6, 6.07) is 17.4. The first kappa shape index (κ1) is 24.4. The molecule has 0 radical (unpaired) electrons. The topological polar surface area (TPSA) is 109 Å². The number of carbonyl (C=O) groups excluding carboxylic acids is 3. The van der Waals surface area contributed by atoms with Crippen LogP contribution in [0.3, 0.4) is 0 Å². The number of hydrogen-bond donors (Lipinski definition) is 1. The zero-order valence-electron chi connectivity index (χ0n) is 18.1. The van der Waals surface area contributed by atoms with Crippen molar-refractivity contribution in [1.29, 1.82) is 5.26 Å². The fraction of sp³-hybridized carbons (Fsp3) is 0.333. The van der Waals surface area contributed by atoms with E-state index in [9.17, 15) is 14.4 Å². The number of unbranched alkanes of at least 4 members (excludes halogenated alkanes) is 1. The number of carbonyl (C=O) groups is 3. The number of rotatable bonds is 12. The van der Waals surface area contributed by atoms with Gasteiger partial charge in [-0.2, -0.15) is 5.26 Å². The molecule has 0 aromatic heterocycles. The Labute approximate surface area is 187 Å². The first-order valence-corrected chi connectivity index (χ1v) is 10.4. The number of esters is 1. The SMILES string of the molecule is CCCCOc1ccc(C(=O)NCC(=O)OCC(=O)N(CCC#N)c2ccccc2)cc1. The molecule has 0 aliphatic rings. The molecule has 2 rings (SSSR count). The summed E-state index contributed by atoms with van der Waals surface area (Å²) < 4.78 is 10.5. The molecule has 168 valence electrons. The molecule has 32 heavy (non-hydrogen) atoms. The monoisotopic (exact) mass is 437 g/mol. The molecule has 0 saturated carbocycles. The average molecular weight is 437 g/mol. The van der Waals surface area contributed by atoms with Gasteiger partial charge in [0.15, 0.2) is 6.61 Å². The van der Waals surface area contributed by atoms with E-state index in [1.165, 1.54) is 4.90 Å². The smallest absolute Gasteiger partial charge is 0.325 e. The predicted molar refractivity (Wildman–Crippen MR) is 119 cm³/mol. The summed E-state index contributed by atoms with van der Waals surface area (Å²) in [7, 11) is 0. The number of benzene rings is 2. The Morgan fingerprint density at radius 3 is 2.44 bits per heavy atom. The summed E-state index contributed by atoms with van der Waals surface area (Å²) in [4.78, 5) is 38.1. The highest BCUT2D eigenvalue weighted by atomic mass is 16.5. The maximum Gasteiger partial charge on any atom is 0.325 e. The number of ether oxygens (including phenoxy) is 2. The largest absolute Gasteiger partial charge is 0.494 e. The van der Waals surface area contributed by atoms with Gasteiger partial charge in [-0.3, -0.25) is 14.4 Å². The van der Waals surface area contributed by atoms with Crippen molar-refractivity contribution in [1.82, 2.24) is 5.32 Å². The normalized spacial score (nSPS) is 10.0. The quantitative estimate of drug-likeness (QED) is 0.404. The molecular weight excluding hydrogens is 410 g/mol. The second kappa shape index (κ2) is 13.4. The van der Waals surface area contributed by atoms with Crippen molar-refractivity contribution < 1.29 is 23.9 Å². The minimum Gasteiger partial charge on any atom is -0.494 e. The third-order valence-electron chi connectivity index (χ3n) is 4.45. The van der Waals surface area contributed by atoms with E-state index in [1.807, 2.05) is 12.1 Å². The van der Waals surface area contributed by atoms with Crippen molar-refractivity contribution in [2.75, 3.05) is 31.2 Å². The van der Waals surface area contributed by atoms with E-state index in [1.54, 1.807) is 48.5 Å². The van der Waals surface area contributed by atoms with E-state index in [2.05, 4.69) is 12.2 Å². The molecule has 1 N–H and O–H groups in total. The molecule has 0 spiro atoms. The highest BCUT2D eigenvalue weighted by Crippen LogP contribution is 2.14. The van der Waals surface area contributed by atoms with E-state index in [-0.39, 0.29) is 19.5 Å². The molecule has 0 saturated heterocycles. The third-order valence-corrected chi connectivity index (χ3v) is 4.45. The molecule has 0 aliphatic carbocycles. The van der Waals surface area contributed by atoms with E-state index < -0.39 is 24.4 Å². The lowest BCUT2D eigenvalue weighted by Crippen LogP contribution is -2.37. The van der Waals surface area contributed by atoms with Gasteiger partial charge < -0.3 is 19.7 Å². The van der Waals surface area contributed by atoms with Crippen molar-refractivity contribution in [3.63, 3.8) is 0 Å². The fourth-order valence-corrected chi connectivity index (χ4v) is 2.73. The van der Waals surface area contributed by atoms with Gasteiger partial charge in [-0.25, -0.2) is 0 Å². The Hall–Kier alpha value is -3.86. The highest BCUT2D eigenvalue weighted by molar-refractivity contribution is 5.97. The zero-order chi connectivity index (χ0) is 23.2. The second-order valence-corrected chi connectivity index (χ2v) is 6.86. The summed E-state index contributed by atoms with van der Waals surface area (Å²) in [6.07, 6.45) is 2.13. The van der Waals surface area contributed by atoms with E-state index in [0.29, 0.717) is 23.6 Å². The molecule has 2 amide bonds. The van der Waals surface area contributed by atoms with Crippen LogP contribution in [0.15, 0.2) is 54.6 Å². The lowest BCUT2D eigenvalue weighted by molar-refractivity contribution is -0.146. The van der Waals surface area contributed by atoms with Gasteiger partial charge in [0.2, 0.25) is 0 Å². The highest BCUT2D eigenvalue weighted by Gasteiger charge is 2.18. The maximum atomic E-state index is 12.5. The number of nitrogens with one attached hydrogen (secondary N) is 1. The van der Waals surface area contributed by atoms with Gasteiger partial charge in [0.25, 0.3) is 11.8 Å². The van der Waals surface area contributed by atoms with E-state index in [4.69, 9.17) is 14.7 Å². The van der Waals surface area contributed by atoms with Crippen molar-refractivity contribution >= 4 is 23.5 Å². The molecule has 0 aliphatic heterocycles. The van der Waals surface area contributed by atoms with Gasteiger partial charge in [0, 0.05) is 17.8 Å². The standard InChI is InChI=1S/C24H27N3O5/c1-2-3-16-31-21-12-10-19(11-13-21)24(30)26-17-23(29)32-18-22(28)27(15-7-14-25)20-8-5-4-6-9-20/h4-6,8-13H,2-3,7,15-18H2,1H3,(H,26,30). The Bertz CT molecular complexity index is 923. The van der Waals surface area contributed by atoms with Crippen LogP contribution >= 0.6 is 0 Å². The second-order valence-electron chi connectivity index (χ2n) is 6.86. The van der Waals surface area contributed by atoms with Crippen LogP contribution in [0.2, 0.25) is 0 Å². The van der Waals surface area contributed by atoms with E-state index in [0.717, 1.165) is 12.8 Å². The molecule has 2 aromatic rings. The molecule has 0 heterocycles. The third kappa shape index (κ3) is 8.11. The van der Waals surface area contributed by atoms with Gasteiger partial charge in [-0.15, -0.1) is 0 Å². The molecule has 0 unspecified atom stereocenters. The minimum atomic E-state index is -0.737. The molecule has 8 heteroatoms. The van der Waals surface area contributed by atoms with Crippen molar-refractivity contribution in [3.8, 4) is 11.8 Å². The van der Waals surface area contributed by atoms with Crippen LogP contribution < -0.4 is 15.0 Å². The van der Waals surface area contributed by atoms with Crippen LogP contribution in [-0.4, -0.2) is 44.1 Å². The minimum absolute atomic E-state index is 0.146. The Kier molecular flexibility index (Phi) is 10.3. The number of hydrogen-bond acceptors (Lipinski definition) is 6. The van der Waals surface area contributed by atoms with Crippen LogP contribution in [-0.2, 0) is 14.3 Å². The zero-order valence-corrected chi connectivity index (χ0v) is 18.1. The van der Waals surface area contributed by atoms with Crippen molar-refractivity contribution in [3.05, 3.63) is 60.2 Å². The van der Waals surface area contributed by atoms with Crippen LogP contribution in [0.5, 0.6) is 5.75 Å². The number of anilines is 1. The molecular formula is C24H27N3O5.